The highest BCUT2D eigenvalue weighted by molar-refractivity contribution is 7.22. The first-order chi connectivity index (χ1) is 15.8. The van der Waals surface area contributed by atoms with Crippen LogP contribution in [0.15, 0.2) is 60.7 Å². The predicted molar refractivity (Wildman–Crippen MR) is 126 cm³/mol. The van der Waals surface area contributed by atoms with Gasteiger partial charge in [0.15, 0.2) is 5.13 Å². The summed E-state index contributed by atoms with van der Waals surface area (Å²) in [5, 5.41) is 3.06. The van der Waals surface area contributed by atoms with Crippen molar-refractivity contribution in [3.8, 4) is 0 Å². The van der Waals surface area contributed by atoms with Crippen LogP contribution in [0.4, 0.5) is 19.6 Å². The molecule has 1 heterocycles. The molecule has 0 radical (unpaired) electrons. The third-order valence-electron chi connectivity index (χ3n) is 4.99. The van der Waals surface area contributed by atoms with E-state index in [1.807, 2.05) is 56.3 Å². The molecule has 0 fully saturated rings. The van der Waals surface area contributed by atoms with Gasteiger partial charge in [-0.1, -0.05) is 29.5 Å². The Labute approximate surface area is 193 Å². The molecule has 168 valence electrons. The topological polar surface area (TPSA) is 62.3 Å². The van der Waals surface area contributed by atoms with Crippen LogP contribution < -0.4 is 10.2 Å². The third-order valence-corrected chi connectivity index (χ3v) is 6.01. The molecule has 1 N–H and O–H groups in total. The number of fused-ring (bicyclic) bond motifs is 1. The van der Waals surface area contributed by atoms with Gasteiger partial charge in [0, 0.05) is 19.0 Å². The number of anilines is 2. The standard InChI is InChI=1S/C25H21F2N3O2S/c1-15-11-16(2)13-18(12-15)30(25-29-21-5-3-4-6-22(21)33-25)23(31)9-10-28-24(32)19-8-7-17(26)14-20(19)27/h3-8,11-14H,9-10H2,1-2H3,(H,28,32). The van der Waals surface area contributed by atoms with Crippen LogP contribution in [-0.4, -0.2) is 23.3 Å². The summed E-state index contributed by atoms with van der Waals surface area (Å²) in [5.41, 5.74) is 3.21. The first kappa shape index (κ1) is 22.5. The van der Waals surface area contributed by atoms with Gasteiger partial charge in [0.25, 0.3) is 5.91 Å². The van der Waals surface area contributed by atoms with Crippen LogP contribution in [0.5, 0.6) is 0 Å². The number of thiazole rings is 1. The maximum atomic E-state index is 13.9. The van der Waals surface area contributed by atoms with E-state index in [1.54, 1.807) is 4.90 Å². The van der Waals surface area contributed by atoms with Crippen molar-refractivity contribution >= 4 is 44.2 Å². The number of halogens is 2. The van der Waals surface area contributed by atoms with E-state index >= 15 is 0 Å². The fourth-order valence-corrected chi connectivity index (χ4v) is 4.56. The Bertz CT molecular complexity index is 1300. The predicted octanol–water partition coefficient (Wildman–Crippen LogP) is 5.68. The maximum Gasteiger partial charge on any atom is 0.254 e. The van der Waals surface area contributed by atoms with E-state index in [9.17, 15) is 18.4 Å². The zero-order chi connectivity index (χ0) is 23.5. The molecule has 0 bridgehead atoms. The molecular weight excluding hydrogens is 444 g/mol. The minimum absolute atomic E-state index is 0.0132. The Hall–Kier alpha value is -3.65. The van der Waals surface area contributed by atoms with Crippen molar-refractivity contribution in [2.45, 2.75) is 20.3 Å². The second-order valence-corrected chi connectivity index (χ2v) is 8.68. The minimum Gasteiger partial charge on any atom is -0.351 e. The molecule has 5 nitrogen and oxygen atoms in total. The van der Waals surface area contributed by atoms with Crippen molar-refractivity contribution in [2.24, 2.45) is 0 Å². The Morgan fingerprint density at radius 3 is 2.42 bits per heavy atom. The second-order valence-electron chi connectivity index (χ2n) is 7.67. The lowest BCUT2D eigenvalue weighted by Crippen LogP contribution is -2.32. The number of carbonyl (C=O) groups is 2. The number of hydrogen-bond donors (Lipinski definition) is 1. The highest BCUT2D eigenvalue weighted by atomic mass is 32.1. The number of hydrogen-bond acceptors (Lipinski definition) is 4. The quantitative estimate of drug-likeness (QED) is 0.399. The number of aromatic nitrogens is 1. The van der Waals surface area contributed by atoms with E-state index in [0.29, 0.717) is 16.9 Å². The van der Waals surface area contributed by atoms with E-state index in [-0.39, 0.29) is 24.4 Å². The molecule has 0 aliphatic heterocycles. The van der Waals surface area contributed by atoms with Gasteiger partial charge in [-0.25, -0.2) is 13.8 Å². The van der Waals surface area contributed by atoms with E-state index in [1.165, 1.54) is 11.3 Å². The number of rotatable bonds is 6. The van der Waals surface area contributed by atoms with Gasteiger partial charge in [0.05, 0.1) is 21.5 Å². The molecule has 3 aromatic carbocycles. The number of para-hydroxylation sites is 1. The maximum absolute atomic E-state index is 13.9. The summed E-state index contributed by atoms with van der Waals surface area (Å²) in [5.74, 6) is -2.69. The Balaban J connectivity index is 1.56. The zero-order valence-corrected chi connectivity index (χ0v) is 18.9. The minimum atomic E-state index is -0.954. The number of carbonyl (C=O) groups excluding carboxylic acids is 2. The van der Waals surface area contributed by atoms with E-state index in [2.05, 4.69) is 10.3 Å². The fourth-order valence-electron chi connectivity index (χ4n) is 3.56. The molecule has 0 saturated heterocycles. The number of aryl methyl sites for hydroxylation is 2. The highest BCUT2D eigenvalue weighted by Gasteiger charge is 2.22. The molecule has 1 aromatic heterocycles. The number of nitrogens with zero attached hydrogens (tertiary/aromatic N) is 2. The van der Waals surface area contributed by atoms with Gasteiger partial charge in [-0.15, -0.1) is 0 Å². The Kier molecular flexibility index (Phi) is 6.46. The van der Waals surface area contributed by atoms with Crippen LogP contribution in [0, 0.1) is 25.5 Å². The van der Waals surface area contributed by atoms with Crippen molar-refractivity contribution < 1.29 is 18.4 Å². The second kappa shape index (κ2) is 9.46. The summed E-state index contributed by atoms with van der Waals surface area (Å²) in [4.78, 5) is 31.7. The molecule has 0 aliphatic carbocycles. The first-order valence-electron chi connectivity index (χ1n) is 10.3. The van der Waals surface area contributed by atoms with Crippen molar-refractivity contribution in [1.29, 1.82) is 0 Å². The lowest BCUT2D eigenvalue weighted by atomic mass is 10.1. The lowest BCUT2D eigenvalue weighted by molar-refractivity contribution is -0.117. The van der Waals surface area contributed by atoms with Gasteiger partial charge in [-0.2, -0.15) is 0 Å². The monoisotopic (exact) mass is 465 g/mol. The molecule has 0 saturated carbocycles. The molecular formula is C25H21F2N3O2S. The summed E-state index contributed by atoms with van der Waals surface area (Å²) in [6.45, 7) is 3.89. The van der Waals surface area contributed by atoms with Gasteiger partial charge in [0.1, 0.15) is 11.6 Å². The zero-order valence-electron chi connectivity index (χ0n) is 18.1. The largest absolute Gasteiger partial charge is 0.351 e. The van der Waals surface area contributed by atoms with Crippen molar-refractivity contribution in [1.82, 2.24) is 10.3 Å². The van der Waals surface area contributed by atoms with Gasteiger partial charge >= 0.3 is 0 Å². The summed E-state index contributed by atoms with van der Waals surface area (Å²) in [6.07, 6.45) is -0.0303. The summed E-state index contributed by atoms with van der Waals surface area (Å²) < 4.78 is 27.9. The average molecular weight is 466 g/mol. The molecule has 8 heteroatoms. The Morgan fingerprint density at radius 2 is 1.73 bits per heavy atom. The first-order valence-corrected chi connectivity index (χ1v) is 11.1. The van der Waals surface area contributed by atoms with Crippen molar-refractivity contribution in [3.63, 3.8) is 0 Å². The summed E-state index contributed by atoms with van der Waals surface area (Å²) in [7, 11) is 0. The third kappa shape index (κ3) is 5.06. The van der Waals surface area contributed by atoms with E-state index < -0.39 is 17.5 Å². The van der Waals surface area contributed by atoms with Crippen LogP contribution in [0.2, 0.25) is 0 Å². The summed E-state index contributed by atoms with van der Waals surface area (Å²) >= 11 is 1.40. The van der Waals surface area contributed by atoms with E-state index in [0.717, 1.165) is 33.5 Å². The van der Waals surface area contributed by atoms with Crippen LogP contribution in [0.1, 0.15) is 27.9 Å². The van der Waals surface area contributed by atoms with Crippen molar-refractivity contribution in [2.75, 3.05) is 11.4 Å². The molecule has 0 spiro atoms. The van der Waals surface area contributed by atoms with Gasteiger partial charge in [0.2, 0.25) is 5.91 Å². The molecule has 4 aromatic rings. The number of benzene rings is 3. The van der Waals surface area contributed by atoms with Crippen LogP contribution >= 0.6 is 11.3 Å². The van der Waals surface area contributed by atoms with Crippen molar-refractivity contribution in [3.05, 3.63) is 89.0 Å². The molecule has 4 rings (SSSR count). The van der Waals surface area contributed by atoms with Crippen LogP contribution in [0.3, 0.4) is 0 Å². The SMILES string of the molecule is Cc1cc(C)cc(N(C(=O)CCNC(=O)c2ccc(F)cc2F)c2nc3ccccc3s2)c1. The molecule has 33 heavy (non-hydrogen) atoms. The lowest BCUT2D eigenvalue weighted by Gasteiger charge is -2.21. The molecule has 2 amide bonds. The molecule has 0 aliphatic rings. The normalized spacial score (nSPS) is 10.9. The van der Waals surface area contributed by atoms with Gasteiger partial charge < -0.3 is 5.32 Å². The fraction of sp³-hybridized carbons (Fsp3) is 0.160. The molecule has 0 atom stereocenters. The van der Waals surface area contributed by atoms with Gasteiger partial charge in [-0.05, 0) is 61.4 Å². The Morgan fingerprint density at radius 1 is 1.00 bits per heavy atom. The van der Waals surface area contributed by atoms with Crippen LogP contribution in [-0.2, 0) is 4.79 Å². The van der Waals surface area contributed by atoms with Crippen LogP contribution in [0.25, 0.3) is 10.2 Å². The highest BCUT2D eigenvalue weighted by Crippen LogP contribution is 2.34. The number of nitrogens with one attached hydrogen (secondary N) is 1. The van der Waals surface area contributed by atoms with E-state index in [4.69, 9.17) is 0 Å². The van der Waals surface area contributed by atoms with Gasteiger partial charge in [-0.3, -0.25) is 14.5 Å². The summed E-state index contributed by atoms with van der Waals surface area (Å²) in [6, 6.07) is 16.2. The number of amides is 2. The average Bonchev–Trinajstić information content (AvgIpc) is 3.16. The molecule has 0 unspecified atom stereocenters. The smallest absolute Gasteiger partial charge is 0.254 e.